The molecule has 0 spiro atoms. The molecule has 4 aromatic rings. The van der Waals surface area contributed by atoms with E-state index in [0.29, 0.717) is 0 Å². The summed E-state index contributed by atoms with van der Waals surface area (Å²) in [6.45, 7) is 20.9. The zero-order chi connectivity index (χ0) is 36.9. The van der Waals surface area contributed by atoms with Crippen LogP contribution in [-0.2, 0) is 32.1 Å². The average Bonchev–Trinajstić information content (AvgIpc) is 3.70. The summed E-state index contributed by atoms with van der Waals surface area (Å²) in [6, 6.07) is 24.4. The van der Waals surface area contributed by atoms with Crippen molar-refractivity contribution in [2.24, 2.45) is 5.41 Å². The molecule has 5 heteroatoms. The van der Waals surface area contributed by atoms with E-state index in [4.69, 9.17) is 0 Å². The second kappa shape index (κ2) is 14.5. The summed E-state index contributed by atoms with van der Waals surface area (Å²) in [4.78, 5) is 0. The minimum absolute atomic E-state index is 0. The van der Waals surface area contributed by atoms with Gasteiger partial charge in [-0.3, -0.25) is 0 Å². The Labute approximate surface area is 341 Å². The van der Waals surface area contributed by atoms with Crippen LogP contribution in [0.15, 0.2) is 106 Å². The third kappa shape index (κ3) is 6.90. The van der Waals surface area contributed by atoms with Gasteiger partial charge in [-0.05, 0) is 0 Å². The van der Waals surface area contributed by atoms with Crippen molar-refractivity contribution < 1.29 is 54.9 Å². The second-order valence-corrected chi connectivity index (χ2v) is 24.2. The summed E-state index contributed by atoms with van der Waals surface area (Å²) in [5.74, 6) is -0.516. The first-order chi connectivity index (χ1) is 24.5. The fourth-order valence-corrected chi connectivity index (χ4v) is 18.1. The largest absolute Gasteiger partial charge is 1.00 e. The number of hydrogen-bond donors (Lipinski definition) is 0. The molecule has 8 rings (SSSR count). The van der Waals surface area contributed by atoms with Gasteiger partial charge in [-0.25, -0.2) is 0 Å². The van der Waals surface area contributed by atoms with Crippen molar-refractivity contribution in [1.82, 2.24) is 0 Å². The molecule has 0 aromatic heterocycles. The normalized spacial score (nSPS) is 17.5. The summed E-state index contributed by atoms with van der Waals surface area (Å²) in [5.41, 5.74) is 16.8. The Hall–Kier alpha value is -2.97. The number of benzene rings is 4. The van der Waals surface area contributed by atoms with Gasteiger partial charge in [-0.15, -0.1) is 0 Å². The number of hydrogen-bond acceptors (Lipinski definition) is 0. The van der Waals surface area contributed by atoms with Crippen molar-refractivity contribution in [3.63, 3.8) is 0 Å². The van der Waals surface area contributed by atoms with Gasteiger partial charge in [-0.2, -0.15) is 0 Å². The van der Waals surface area contributed by atoms with Crippen molar-refractivity contribution in [2.75, 3.05) is 0 Å². The van der Waals surface area contributed by atoms with E-state index >= 15 is 8.78 Å². The molecule has 278 valence electrons. The Morgan fingerprint density at radius 3 is 1.52 bits per heavy atom. The molecule has 4 aliphatic rings. The molecule has 0 unspecified atom stereocenters. The van der Waals surface area contributed by atoms with E-state index in [-0.39, 0.29) is 56.3 Å². The van der Waals surface area contributed by atoms with Crippen LogP contribution >= 0.6 is 0 Å². The standard InChI is InChI=1S/C27H29.C13H8F2.C9H13.2ClH.Zr/c1-16-7-9-26(3,4)24-12-18-11-19-13-25-21(17(2)8-10-27(25,5)6)15-23(19)22(18)14-20(16)24;14-12-5-1-3-10(8-12)7-11-4-2-6-13(15)9-11;1-9(2,3)8-6-4-5-7-8;;;/h7-8,11-15H,9-10H2,1-6H3;1-6,8-9H;6-7H,4H2,1-3H3;2*1H;/q;;;;;+2/p-2. The van der Waals surface area contributed by atoms with E-state index in [1.54, 1.807) is 12.1 Å². The molecule has 4 aromatic carbocycles. The number of rotatable bonds is 4. The van der Waals surface area contributed by atoms with Gasteiger partial charge in [0.15, 0.2) is 0 Å². The molecule has 0 saturated carbocycles. The van der Waals surface area contributed by atoms with Gasteiger partial charge in [0, 0.05) is 0 Å². The molecule has 0 bridgehead atoms. The first-order valence-electron chi connectivity index (χ1n) is 18.9. The molecule has 0 aliphatic heterocycles. The molecule has 0 radical (unpaired) electrons. The zero-order valence-electron chi connectivity index (χ0n) is 32.9. The topological polar surface area (TPSA) is 0 Å². The molecule has 0 amide bonds. The van der Waals surface area contributed by atoms with Crippen LogP contribution in [0.4, 0.5) is 8.78 Å². The van der Waals surface area contributed by atoms with Crippen LogP contribution in [0.25, 0.3) is 22.3 Å². The van der Waals surface area contributed by atoms with Crippen molar-refractivity contribution in [2.45, 2.75) is 96.0 Å². The monoisotopic (exact) mass is 836 g/mol. The van der Waals surface area contributed by atoms with Gasteiger partial charge in [0.25, 0.3) is 0 Å². The summed E-state index contributed by atoms with van der Waals surface area (Å²) < 4.78 is 33.5. The van der Waals surface area contributed by atoms with Gasteiger partial charge in [0.2, 0.25) is 0 Å². The van der Waals surface area contributed by atoms with Gasteiger partial charge in [0.1, 0.15) is 0 Å². The fraction of sp³-hybridized carbons (Fsp3) is 0.327. The van der Waals surface area contributed by atoms with Crippen molar-refractivity contribution in [3.05, 3.63) is 162 Å². The van der Waals surface area contributed by atoms with Gasteiger partial charge in [0.05, 0.1) is 0 Å². The molecule has 54 heavy (non-hydrogen) atoms. The van der Waals surface area contributed by atoms with Crippen LogP contribution in [0.1, 0.15) is 130 Å². The summed E-state index contributed by atoms with van der Waals surface area (Å²) >= 11 is -3.27. The van der Waals surface area contributed by atoms with E-state index < -0.39 is 21.3 Å². The molecule has 0 N–H and O–H groups in total. The molecule has 0 saturated heterocycles. The maximum absolute atomic E-state index is 15.4. The third-order valence-corrected chi connectivity index (χ3v) is 20.6. The van der Waals surface area contributed by atoms with E-state index in [1.807, 2.05) is 12.1 Å². The maximum atomic E-state index is 15.4. The van der Waals surface area contributed by atoms with E-state index in [2.05, 4.69) is 123 Å². The summed E-state index contributed by atoms with van der Waals surface area (Å²) in [7, 11) is 0. The van der Waals surface area contributed by atoms with Crippen LogP contribution in [0, 0.1) is 17.0 Å². The van der Waals surface area contributed by atoms with Crippen molar-refractivity contribution >= 4 is 14.4 Å². The minimum Gasteiger partial charge on any atom is -1.00 e. The molecular formula is C49H50Cl2F2Zr. The molecule has 0 fully saturated rings. The van der Waals surface area contributed by atoms with Gasteiger partial charge >= 0.3 is 319 Å². The van der Waals surface area contributed by atoms with Crippen molar-refractivity contribution in [1.29, 1.82) is 0 Å². The number of fused-ring (bicyclic) bond motifs is 5. The number of allylic oxidation sites excluding steroid dienone is 8. The SMILES string of the molecule is CC1=CCC(C)(C)c2cc3c(cc21)-c1cc2c(cc1[CH]3[Zr+2]([C]1=CC(C(C)(C)C)=CC1)=[C](c1cccc(F)c1)c1cccc(F)c1)C(C)(C)CC=C2C.[Cl-].[Cl-]. The molecular weight excluding hydrogens is 789 g/mol. The maximum Gasteiger partial charge on any atom is -1.00 e. The first-order valence-corrected chi connectivity index (χ1v) is 22.8. The minimum atomic E-state index is -3.27. The molecule has 0 nitrogen and oxygen atoms in total. The van der Waals surface area contributed by atoms with Gasteiger partial charge in [-0.1, -0.05) is 0 Å². The molecule has 0 atom stereocenters. The Morgan fingerprint density at radius 2 is 1.11 bits per heavy atom. The quantitative estimate of drug-likeness (QED) is 0.202. The predicted octanol–water partition coefficient (Wildman–Crippen LogP) is 7.36. The zero-order valence-corrected chi connectivity index (χ0v) is 36.9. The van der Waals surface area contributed by atoms with Crippen LogP contribution in [0.2, 0.25) is 0 Å². The Morgan fingerprint density at radius 1 is 0.648 bits per heavy atom. The smallest absolute Gasteiger partial charge is 1.00 e. The molecule has 0 heterocycles. The number of halogens is 4. The van der Waals surface area contributed by atoms with Crippen molar-refractivity contribution in [3.8, 4) is 11.1 Å². The van der Waals surface area contributed by atoms with Gasteiger partial charge < -0.3 is 24.8 Å². The van der Waals surface area contributed by atoms with E-state index in [9.17, 15) is 0 Å². The van der Waals surface area contributed by atoms with Crippen LogP contribution in [0.5, 0.6) is 0 Å². The summed E-state index contributed by atoms with van der Waals surface area (Å²) in [6.07, 6.45) is 12.6. The first kappa shape index (κ1) is 40.7. The predicted molar refractivity (Wildman–Crippen MR) is 213 cm³/mol. The Bertz CT molecular complexity index is 2220. The summed E-state index contributed by atoms with van der Waals surface area (Å²) in [5, 5.41) is 0. The fourth-order valence-electron chi connectivity index (χ4n) is 9.18. The third-order valence-electron chi connectivity index (χ3n) is 12.3. The van der Waals surface area contributed by atoms with Crippen LogP contribution < -0.4 is 24.8 Å². The van der Waals surface area contributed by atoms with Crippen LogP contribution in [0.3, 0.4) is 0 Å². The Kier molecular flexibility index (Phi) is 10.9. The van der Waals surface area contributed by atoms with Crippen LogP contribution in [-0.4, -0.2) is 3.21 Å². The van der Waals surface area contributed by atoms with E-state index in [1.165, 1.54) is 79.8 Å². The second-order valence-electron chi connectivity index (χ2n) is 17.9. The van der Waals surface area contributed by atoms with E-state index in [0.717, 1.165) is 30.4 Å². The Balaban J connectivity index is 0.00000249. The molecule has 4 aliphatic carbocycles. The average molecular weight is 839 g/mol.